The van der Waals surface area contributed by atoms with Crippen molar-refractivity contribution in [1.29, 1.82) is 0 Å². The molecule has 0 radical (unpaired) electrons. The molecule has 5 rings (SSSR count). The van der Waals surface area contributed by atoms with Gasteiger partial charge in [0.2, 0.25) is 17.7 Å². The van der Waals surface area contributed by atoms with E-state index in [9.17, 15) is 14.4 Å². The SMILES string of the molecule is O=C(Nc1ccc(Cl)cc1)[C@@H]1[C@@H]2C(=O)N(c3ccc(Cl)cc3)C(=O)[C@@H]2[C@H]2C=CC=NN21. The summed E-state index contributed by atoms with van der Waals surface area (Å²) in [5.41, 5.74) is 0.970. The van der Waals surface area contributed by atoms with Gasteiger partial charge in [-0.3, -0.25) is 19.4 Å². The number of rotatable bonds is 3. The summed E-state index contributed by atoms with van der Waals surface area (Å²) in [7, 11) is 0. The monoisotopic (exact) mass is 454 g/mol. The number of allylic oxidation sites excluding steroid dienone is 1. The second kappa shape index (κ2) is 7.51. The lowest BCUT2D eigenvalue weighted by Gasteiger charge is -2.30. The summed E-state index contributed by atoms with van der Waals surface area (Å²) in [6.07, 6.45) is 5.07. The quantitative estimate of drug-likeness (QED) is 0.720. The van der Waals surface area contributed by atoms with Crippen LogP contribution in [0.4, 0.5) is 11.4 Å². The van der Waals surface area contributed by atoms with E-state index >= 15 is 0 Å². The minimum atomic E-state index is -0.930. The second-order valence-electron chi connectivity index (χ2n) is 7.50. The summed E-state index contributed by atoms with van der Waals surface area (Å²) in [5, 5.41) is 9.72. The van der Waals surface area contributed by atoms with Crippen molar-refractivity contribution in [2.45, 2.75) is 12.1 Å². The van der Waals surface area contributed by atoms with Crippen molar-refractivity contribution in [1.82, 2.24) is 5.01 Å². The molecule has 3 heterocycles. The Balaban J connectivity index is 1.50. The van der Waals surface area contributed by atoms with Crippen LogP contribution >= 0.6 is 23.2 Å². The Kier molecular flexibility index (Phi) is 4.79. The lowest BCUT2D eigenvalue weighted by Crippen LogP contribution is -2.47. The van der Waals surface area contributed by atoms with Crippen LogP contribution in [0.3, 0.4) is 0 Å². The molecule has 0 aliphatic carbocycles. The molecular weight excluding hydrogens is 439 g/mol. The number of hydrazone groups is 1. The van der Waals surface area contributed by atoms with E-state index in [4.69, 9.17) is 23.2 Å². The molecular formula is C22H16Cl2N4O3. The lowest BCUT2D eigenvalue weighted by atomic mass is 9.88. The summed E-state index contributed by atoms with van der Waals surface area (Å²) < 4.78 is 0. The van der Waals surface area contributed by atoms with Crippen molar-refractivity contribution in [3.63, 3.8) is 0 Å². The number of fused-ring (bicyclic) bond motifs is 3. The van der Waals surface area contributed by atoms with Gasteiger partial charge in [0, 0.05) is 21.9 Å². The van der Waals surface area contributed by atoms with Crippen LogP contribution in [-0.4, -0.2) is 41.0 Å². The predicted molar refractivity (Wildman–Crippen MR) is 118 cm³/mol. The molecule has 7 nitrogen and oxygen atoms in total. The molecule has 4 atom stereocenters. The largest absolute Gasteiger partial charge is 0.324 e. The lowest BCUT2D eigenvalue weighted by molar-refractivity contribution is -0.129. The van der Waals surface area contributed by atoms with Crippen molar-refractivity contribution in [3.05, 3.63) is 70.7 Å². The third kappa shape index (κ3) is 3.21. The molecule has 3 aliphatic rings. The number of imide groups is 1. The fourth-order valence-corrected chi connectivity index (χ4v) is 4.68. The molecule has 2 fully saturated rings. The molecule has 1 N–H and O–H groups in total. The number of carbonyl (C=O) groups is 3. The Hall–Kier alpha value is -3.16. The molecule has 9 heteroatoms. The van der Waals surface area contributed by atoms with Crippen molar-refractivity contribution < 1.29 is 14.4 Å². The van der Waals surface area contributed by atoms with Crippen LogP contribution < -0.4 is 10.2 Å². The maximum Gasteiger partial charge on any atom is 0.249 e. The van der Waals surface area contributed by atoms with Gasteiger partial charge in [0.15, 0.2) is 0 Å². The van der Waals surface area contributed by atoms with Gasteiger partial charge in [-0.15, -0.1) is 0 Å². The molecule has 3 aliphatic heterocycles. The van der Waals surface area contributed by atoms with E-state index in [1.165, 1.54) is 0 Å². The fourth-order valence-electron chi connectivity index (χ4n) is 4.43. The second-order valence-corrected chi connectivity index (χ2v) is 8.37. The molecule has 3 amide bonds. The van der Waals surface area contributed by atoms with E-state index in [-0.39, 0.29) is 5.91 Å². The van der Waals surface area contributed by atoms with E-state index in [1.54, 1.807) is 71.9 Å². The number of hydrogen-bond acceptors (Lipinski definition) is 5. The van der Waals surface area contributed by atoms with Crippen LogP contribution in [0.25, 0.3) is 0 Å². The summed E-state index contributed by atoms with van der Waals surface area (Å²) >= 11 is 11.9. The van der Waals surface area contributed by atoms with Crippen LogP contribution in [0.1, 0.15) is 0 Å². The van der Waals surface area contributed by atoms with E-state index in [2.05, 4.69) is 10.4 Å². The average Bonchev–Trinajstić information content (AvgIpc) is 3.24. The Morgan fingerprint density at radius 1 is 0.903 bits per heavy atom. The zero-order valence-corrected chi connectivity index (χ0v) is 17.5. The van der Waals surface area contributed by atoms with Gasteiger partial charge in [0.1, 0.15) is 6.04 Å². The van der Waals surface area contributed by atoms with Gasteiger partial charge in [-0.1, -0.05) is 29.3 Å². The average molecular weight is 455 g/mol. The van der Waals surface area contributed by atoms with E-state index in [1.807, 2.05) is 0 Å². The standard InChI is InChI=1S/C22H16Cl2N4O3/c23-12-3-7-14(8-4-12)26-20(29)19-18-17(16-2-1-11-25-28(16)19)21(30)27(22(18)31)15-9-5-13(24)6-10-15/h1-11,16-19H,(H,26,29)/t16-,17-,18-,19+/m1/s1. The highest BCUT2D eigenvalue weighted by atomic mass is 35.5. The first-order valence-corrected chi connectivity index (χ1v) is 10.4. The highest BCUT2D eigenvalue weighted by Crippen LogP contribution is 2.45. The van der Waals surface area contributed by atoms with E-state index in [0.717, 1.165) is 4.90 Å². The molecule has 0 aromatic heterocycles. The number of nitrogens with one attached hydrogen (secondary N) is 1. The van der Waals surface area contributed by atoms with Crippen molar-refractivity contribution in [2.75, 3.05) is 10.2 Å². The topological polar surface area (TPSA) is 82.1 Å². The van der Waals surface area contributed by atoms with Gasteiger partial charge < -0.3 is 5.32 Å². The number of halogens is 2. The van der Waals surface area contributed by atoms with Gasteiger partial charge in [0.05, 0.1) is 23.6 Å². The predicted octanol–water partition coefficient (Wildman–Crippen LogP) is 3.35. The minimum Gasteiger partial charge on any atom is -0.324 e. The Morgan fingerprint density at radius 2 is 1.52 bits per heavy atom. The number of amides is 3. The maximum atomic E-state index is 13.4. The molecule has 2 aromatic rings. The third-order valence-electron chi connectivity index (χ3n) is 5.76. The van der Waals surface area contributed by atoms with Gasteiger partial charge in [-0.25, -0.2) is 4.90 Å². The molecule has 2 saturated heterocycles. The number of benzene rings is 2. The maximum absolute atomic E-state index is 13.4. The first-order chi connectivity index (χ1) is 15.0. The fraction of sp³-hybridized carbons (Fsp3) is 0.182. The highest BCUT2D eigenvalue weighted by Gasteiger charge is 2.64. The summed E-state index contributed by atoms with van der Waals surface area (Å²) in [5.74, 6) is -2.76. The minimum absolute atomic E-state index is 0.351. The van der Waals surface area contributed by atoms with Gasteiger partial charge >= 0.3 is 0 Å². The molecule has 0 saturated carbocycles. The number of carbonyl (C=O) groups excluding carboxylic acids is 3. The van der Waals surface area contributed by atoms with Crippen LogP contribution in [0.2, 0.25) is 10.0 Å². The van der Waals surface area contributed by atoms with Crippen LogP contribution in [0, 0.1) is 11.8 Å². The number of hydrogen-bond donors (Lipinski definition) is 1. The van der Waals surface area contributed by atoms with E-state index in [0.29, 0.717) is 21.4 Å². The zero-order valence-electron chi connectivity index (χ0n) is 16.0. The molecule has 31 heavy (non-hydrogen) atoms. The van der Waals surface area contributed by atoms with Crippen molar-refractivity contribution in [3.8, 4) is 0 Å². The first kappa shape index (κ1) is 19.8. The highest BCUT2D eigenvalue weighted by molar-refractivity contribution is 6.31. The summed E-state index contributed by atoms with van der Waals surface area (Å²) in [4.78, 5) is 41.1. The third-order valence-corrected chi connectivity index (χ3v) is 6.26. The number of anilines is 2. The van der Waals surface area contributed by atoms with Crippen LogP contribution in [0.5, 0.6) is 0 Å². The van der Waals surface area contributed by atoms with Gasteiger partial charge in [-0.2, -0.15) is 5.10 Å². The normalized spacial score (nSPS) is 26.3. The molecule has 156 valence electrons. The van der Waals surface area contributed by atoms with Gasteiger partial charge in [-0.05, 0) is 54.6 Å². The molecule has 2 aromatic carbocycles. The molecule has 0 spiro atoms. The molecule has 0 bridgehead atoms. The van der Waals surface area contributed by atoms with Crippen LogP contribution in [-0.2, 0) is 14.4 Å². The Morgan fingerprint density at radius 3 is 2.19 bits per heavy atom. The van der Waals surface area contributed by atoms with Crippen molar-refractivity contribution >= 4 is 58.5 Å². The van der Waals surface area contributed by atoms with Crippen molar-refractivity contribution in [2.24, 2.45) is 16.9 Å². The summed E-state index contributed by atoms with van der Waals surface area (Å²) in [6, 6.07) is 11.7. The first-order valence-electron chi connectivity index (χ1n) is 9.64. The Labute approximate surface area is 187 Å². The summed E-state index contributed by atoms with van der Waals surface area (Å²) in [6.45, 7) is 0. The zero-order chi connectivity index (χ0) is 21.7. The smallest absolute Gasteiger partial charge is 0.249 e. The molecule has 0 unspecified atom stereocenters. The van der Waals surface area contributed by atoms with Crippen LogP contribution in [0.15, 0.2) is 65.8 Å². The van der Waals surface area contributed by atoms with E-state index < -0.39 is 35.7 Å². The number of nitrogens with zero attached hydrogens (tertiary/aromatic N) is 3. The van der Waals surface area contributed by atoms with Gasteiger partial charge in [0.25, 0.3) is 0 Å². The Bertz CT molecular complexity index is 1120.